The largest absolute Gasteiger partial charge is 0.367 e. The van der Waals surface area contributed by atoms with Gasteiger partial charge in [0.1, 0.15) is 5.82 Å². The molecule has 0 radical (unpaired) electrons. The fourth-order valence-corrected chi connectivity index (χ4v) is 4.21. The summed E-state index contributed by atoms with van der Waals surface area (Å²) in [5.74, 6) is -0.449. The molecule has 0 unspecified atom stereocenters. The SMILES string of the molecule is N#Cc1ccc(N2CCN(CC(=O)N3CCCc4cc([N+](=O)[O-])ccc43)CC2)c(F)c1. The van der Waals surface area contributed by atoms with Crippen molar-refractivity contribution >= 4 is 23.0 Å². The van der Waals surface area contributed by atoms with Crippen molar-refractivity contribution in [3.63, 3.8) is 0 Å². The van der Waals surface area contributed by atoms with Gasteiger partial charge in [0.25, 0.3) is 5.69 Å². The molecule has 0 bridgehead atoms. The van der Waals surface area contributed by atoms with Crippen molar-refractivity contribution in [3.05, 3.63) is 63.5 Å². The number of anilines is 2. The number of hydrogen-bond donors (Lipinski definition) is 0. The molecule has 1 saturated heterocycles. The second kappa shape index (κ2) is 8.70. The Kier molecular flexibility index (Phi) is 5.82. The molecule has 0 saturated carbocycles. The van der Waals surface area contributed by atoms with Gasteiger partial charge in [0.2, 0.25) is 5.91 Å². The van der Waals surface area contributed by atoms with Crippen molar-refractivity contribution in [2.45, 2.75) is 12.8 Å². The molecule has 0 N–H and O–H groups in total. The summed E-state index contributed by atoms with van der Waals surface area (Å²) in [5.41, 5.74) is 2.38. The number of nitriles is 1. The van der Waals surface area contributed by atoms with E-state index in [0.29, 0.717) is 38.4 Å². The Morgan fingerprint density at radius 2 is 1.84 bits per heavy atom. The van der Waals surface area contributed by atoms with Gasteiger partial charge in [-0.3, -0.25) is 19.8 Å². The smallest absolute Gasteiger partial charge is 0.269 e. The summed E-state index contributed by atoms with van der Waals surface area (Å²) in [5, 5.41) is 19.9. The van der Waals surface area contributed by atoms with Crippen LogP contribution in [0.15, 0.2) is 36.4 Å². The number of nitro groups is 1. The Morgan fingerprint density at radius 1 is 1.10 bits per heavy atom. The third-order valence-electron chi connectivity index (χ3n) is 5.84. The van der Waals surface area contributed by atoms with Crippen LogP contribution in [-0.4, -0.2) is 55.0 Å². The maximum atomic E-state index is 14.3. The molecular formula is C22H22FN5O3. The highest BCUT2D eigenvalue weighted by molar-refractivity contribution is 5.96. The zero-order chi connectivity index (χ0) is 22.0. The number of rotatable bonds is 4. The molecule has 0 atom stereocenters. The summed E-state index contributed by atoms with van der Waals surface area (Å²) in [6.07, 6.45) is 1.49. The van der Waals surface area contributed by atoms with Gasteiger partial charge in [0.15, 0.2) is 0 Å². The summed E-state index contributed by atoms with van der Waals surface area (Å²) in [6, 6.07) is 11.1. The topological polar surface area (TPSA) is 93.7 Å². The third kappa shape index (κ3) is 4.34. The van der Waals surface area contributed by atoms with Gasteiger partial charge in [-0.15, -0.1) is 0 Å². The van der Waals surface area contributed by atoms with Crippen LogP contribution in [0.2, 0.25) is 0 Å². The minimum atomic E-state index is -0.419. The summed E-state index contributed by atoms with van der Waals surface area (Å²) in [6.45, 7) is 3.25. The number of halogens is 1. The van der Waals surface area contributed by atoms with E-state index < -0.39 is 10.7 Å². The van der Waals surface area contributed by atoms with Crippen LogP contribution in [0.25, 0.3) is 0 Å². The van der Waals surface area contributed by atoms with Gasteiger partial charge in [0.05, 0.1) is 28.8 Å². The maximum Gasteiger partial charge on any atom is 0.269 e. The molecule has 4 rings (SSSR count). The fourth-order valence-electron chi connectivity index (χ4n) is 4.21. The van der Waals surface area contributed by atoms with Gasteiger partial charge in [-0.1, -0.05) is 0 Å². The van der Waals surface area contributed by atoms with Gasteiger partial charge >= 0.3 is 0 Å². The van der Waals surface area contributed by atoms with Crippen molar-refractivity contribution in [1.82, 2.24) is 4.90 Å². The maximum absolute atomic E-state index is 14.3. The second-order valence-electron chi connectivity index (χ2n) is 7.76. The van der Waals surface area contributed by atoms with Gasteiger partial charge in [-0.05, 0) is 42.7 Å². The van der Waals surface area contributed by atoms with Crippen molar-refractivity contribution in [2.75, 3.05) is 49.1 Å². The van der Waals surface area contributed by atoms with Crippen LogP contribution >= 0.6 is 0 Å². The normalized spacial score (nSPS) is 16.5. The molecule has 2 aliphatic rings. The van der Waals surface area contributed by atoms with Crippen LogP contribution in [0.4, 0.5) is 21.5 Å². The first kappa shape index (κ1) is 20.8. The fraction of sp³-hybridized carbons (Fsp3) is 0.364. The number of piperazine rings is 1. The summed E-state index contributed by atoms with van der Waals surface area (Å²) in [7, 11) is 0. The van der Waals surface area contributed by atoms with E-state index in [1.165, 1.54) is 12.1 Å². The van der Waals surface area contributed by atoms with Crippen molar-refractivity contribution in [1.29, 1.82) is 5.26 Å². The molecule has 1 fully saturated rings. The first-order valence-electron chi connectivity index (χ1n) is 10.2. The molecule has 2 aliphatic heterocycles. The van der Waals surface area contributed by atoms with E-state index in [1.54, 1.807) is 29.2 Å². The highest BCUT2D eigenvalue weighted by Crippen LogP contribution is 2.30. The number of hydrogen-bond acceptors (Lipinski definition) is 6. The zero-order valence-corrected chi connectivity index (χ0v) is 17.0. The molecule has 9 heteroatoms. The van der Waals surface area contributed by atoms with Gasteiger partial charge in [-0.25, -0.2) is 4.39 Å². The lowest BCUT2D eigenvalue weighted by Gasteiger charge is -2.37. The van der Waals surface area contributed by atoms with Crippen LogP contribution in [0.5, 0.6) is 0 Å². The summed E-state index contributed by atoms with van der Waals surface area (Å²) >= 11 is 0. The summed E-state index contributed by atoms with van der Waals surface area (Å²) in [4.78, 5) is 29.3. The molecule has 2 heterocycles. The van der Waals surface area contributed by atoms with Crippen LogP contribution in [0, 0.1) is 27.3 Å². The predicted molar refractivity (Wildman–Crippen MR) is 114 cm³/mol. The molecule has 2 aromatic rings. The monoisotopic (exact) mass is 423 g/mol. The van der Waals surface area contributed by atoms with E-state index in [2.05, 4.69) is 0 Å². The lowest BCUT2D eigenvalue weighted by molar-refractivity contribution is -0.384. The Hall–Kier alpha value is -3.51. The number of fused-ring (bicyclic) bond motifs is 1. The zero-order valence-electron chi connectivity index (χ0n) is 17.0. The minimum absolute atomic E-state index is 0.0344. The highest BCUT2D eigenvalue weighted by Gasteiger charge is 2.27. The lowest BCUT2D eigenvalue weighted by Crippen LogP contribution is -2.51. The van der Waals surface area contributed by atoms with Crippen LogP contribution in [-0.2, 0) is 11.2 Å². The number of aryl methyl sites for hydroxylation is 1. The molecular weight excluding hydrogens is 401 g/mol. The third-order valence-corrected chi connectivity index (χ3v) is 5.84. The summed E-state index contributed by atoms with van der Waals surface area (Å²) < 4.78 is 14.3. The number of benzene rings is 2. The number of carbonyl (C=O) groups excluding carboxylic acids is 1. The van der Waals surface area contributed by atoms with Crippen molar-refractivity contribution < 1.29 is 14.1 Å². The number of nitrogens with zero attached hydrogens (tertiary/aromatic N) is 5. The van der Waals surface area contributed by atoms with E-state index in [4.69, 9.17) is 5.26 Å². The Morgan fingerprint density at radius 3 is 2.52 bits per heavy atom. The van der Waals surface area contributed by atoms with Crippen LogP contribution < -0.4 is 9.80 Å². The van der Waals surface area contributed by atoms with Crippen LogP contribution in [0.1, 0.15) is 17.5 Å². The van der Waals surface area contributed by atoms with E-state index in [9.17, 15) is 19.3 Å². The van der Waals surface area contributed by atoms with Gasteiger partial charge < -0.3 is 9.80 Å². The minimum Gasteiger partial charge on any atom is -0.367 e. The number of non-ortho nitro benzene ring substituents is 1. The number of amides is 1. The quantitative estimate of drug-likeness (QED) is 0.555. The molecule has 0 spiro atoms. The molecule has 0 aromatic heterocycles. The standard InChI is InChI=1S/C22H22FN5O3/c23-19-12-16(14-24)3-5-21(19)26-10-8-25(9-11-26)15-22(29)27-7-1-2-17-13-18(28(30)31)4-6-20(17)27/h3-6,12-13H,1-2,7-11,15H2. The van der Waals surface area contributed by atoms with Gasteiger partial charge in [-0.2, -0.15) is 5.26 Å². The first-order valence-corrected chi connectivity index (χ1v) is 10.2. The molecule has 0 aliphatic carbocycles. The van der Waals surface area contributed by atoms with E-state index in [-0.39, 0.29) is 23.7 Å². The average molecular weight is 423 g/mol. The second-order valence-corrected chi connectivity index (χ2v) is 7.76. The number of nitro benzene ring substituents is 1. The van der Waals surface area contributed by atoms with Crippen molar-refractivity contribution in [3.8, 4) is 6.07 Å². The van der Waals surface area contributed by atoms with E-state index in [0.717, 1.165) is 24.1 Å². The first-order chi connectivity index (χ1) is 15.0. The predicted octanol–water partition coefficient (Wildman–Crippen LogP) is 2.71. The van der Waals surface area contributed by atoms with Crippen molar-refractivity contribution in [2.24, 2.45) is 0 Å². The average Bonchev–Trinajstić information content (AvgIpc) is 2.78. The molecule has 31 heavy (non-hydrogen) atoms. The molecule has 2 aromatic carbocycles. The lowest BCUT2D eigenvalue weighted by atomic mass is 10.0. The highest BCUT2D eigenvalue weighted by atomic mass is 19.1. The Bertz CT molecular complexity index is 1060. The van der Waals surface area contributed by atoms with E-state index in [1.807, 2.05) is 15.9 Å². The molecule has 8 nitrogen and oxygen atoms in total. The molecule has 1 amide bonds. The van der Waals surface area contributed by atoms with Gasteiger partial charge in [0, 0.05) is 50.5 Å². The Labute approximate surface area is 179 Å². The Balaban J connectivity index is 1.38. The molecule has 160 valence electrons. The number of carbonyl (C=O) groups is 1. The van der Waals surface area contributed by atoms with E-state index >= 15 is 0 Å². The van der Waals surface area contributed by atoms with Crippen LogP contribution in [0.3, 0.4) is 0 Å².